The summed E-state index contributed by atoms with van der Waals surface area (Å²) in [6.07, 6.45) is 3.68. The molecule has 0 bridgehead atoms. The van der Waals surface area contributed by atoms with E-state index in [1.165, 1.54) is 6.07 Å². The van der Waals surface area contributed by atoms with Crippen LogP contribution in [0.25, 0.3) is 0 Å². The molecule has 1 saturated heterocycles. The molecule has 1 aromatic rings. The summed E-state index contributed by atoms with van der Waals surface area (Å²) < 4.78 is 19.2. The first kappa shape index (κ1) is 15.3. The minimum Gasteiger partial charge on any atom is -0.371 e. The van der Waals surface area contributed by atoms with Crippen molar-refractivity contribution in [3.05, 3.63) is 30.1 Å². The number of carbonyl (C=O) groups is 1. The van der Waals surface area contributed by atoms with Crippen molar-refractivity contribution in [1.82, 2.24) is 5.32 Å². The number of benzene rings is 1. The van der Waals surface area contributed by atoms with Crippen LogP contribution in [0.15, 0.2) is 24.3 Å². The van der Waals surface area contributed by atoms with Gasteiger partial charge < -0.3 is 15.0 Å². The van der Waals surface area contributed by atoms with Crippen LogP contribution in [0, 0.1) is 11.7 Å². The van der Waals surface area contributed by atoms with E-state index in [4.69, 9.17) is 4.74 Å². The molecule has 1 aromatic carbocycles. The highest BCUT2D eigenvalue weighted by Crippen LogP contribution is 2.34. The summed E-state index contributed by atoms with van der Waals surface area (Å²) in [5.74, 6) is 0.142. The van der Waals surface area contributed by atoms with Gasteiger partial charge in [0, 0.05) is 26.2 Å². The number of nitrogens with one attached hydrogen (secondary N) is 1. The monoisotopic (exact) mass is 306 g/mol. The summed E-state index contributed by atoms with van der Waals surface area (Å²) in [5, 5.41) is 3.08. The molecule has 4 nitrogen and oxygen atoms in total. The molecule has 5 heteroatoms. The first-order chi connectivity index (χ1) is 10.7. The van der Waals surface area contributed by atoms with Crippen molar-refractivity contribution in [3.63, 3.8) is 0 Å². The van der Waals surface area contributed by atoms with E-state index in [0.717, 1.165) is 32.2 Å². The number of amides is 1. The topological polar surface area (TPSA) is 41.6 Å². The fourth-order valence-corrected chi connectivity index (χ4v) is 3.22. The van der Waals surface area contributed by atoms with Crippen molar-refractivity contribution in [1.29, 1.82) is 0 Å². The molecule has 0 spiro atoms. The van der Waals surface area contributed by atoms with Gasteiger partial charge in [0.05, 0.1) is 5.69 Å². The Labute approximate surface area is 130 Å². The Bertz CT molecular complexity index is 533. The molecule has 1 aliphatic heterocycles. The molecule has 3 rings (SSSR count). The number of piperidine rings is 1. The lowest BCUT2D eigenvalue weighted by molar-refractivity contribution is -0.133. The molecular formula is C17H23FN2O2. The Morgan fingerprint density at radius 3 is 2.82 bits per heavy atom. The van der Waals surface area contributed by atoms with Gasteiger partial charge in [0.25, 0.3) is 0 Å². The molecule has 0 unspecified atom stereocenters. The van der Waals surface area contributed by atoms with E-state index in [0.29, 0.717) is 18.2 Å². The smallest absolute Gasteiger partial charge is 0.249 e. The van der Waals surface area contributed by atoms with Crippen LogP contribution < -0.4 is 10.2 Å². The normalized spacial score (nSPS) is 23.2. The molecule has 1 aliphatic carbocycles. The highest BCUT2D eigenvalue weighted by Gasteiger charge is 2.37. The molecular weight excluding hydrogens is 283 g/mol. The zero-order valence-electron chi connectivity index (χ0n) is 12.9. The number of rotatable bonds is 5. The van der Waals surface area contributed by atoms with Crippen molar-refractivity contribution in [3.8, 4) is 0 Å². The number of carbonyl (C=O) groups excluding carboxylic acids is 1. The molecule has 2 aliphatic rings. The van der Waals surface area contributed by atoms with Crippen molar-refractivity contribution < 1.29 is 13.9 Å². The van der Waals surface area contributed by atoms with Crippen LogP contribution >= 0.6 is 0 Å². The molecule has 0 radical (unpaired) electrons. The Kier molecular flexibility index (Phi) is 4.62. The standard InChI is InChI=1S/C17H23FN2O2/c1-22-16(12-8-9-12)17(21)19-13-5-4-10-20(11-13)15-7-3-2-6-14(15)18/h2-3,6-7,12-13,16H,4-5,8-11H2,1H3,(H,19,21)/t13-,16-/m1/s1. The number of methoxy groups -OCH3 is 1. The summed E-state index contributed by atoms with van der Waals surface area (Å²) in [6.45, 7) is 1.47. The van der Waals surface area contributed by atoms with Crippen molar-refractivity contribution in [2.75, 3.05) is 25.1 Å². The predicted molar refractivity (Wildman–Crippen MR) is 83.3 cm³/mol. The second-order valence-electron chi connectivity index (χ2n) is 6.24. The van der Waals surface area contributed by atoms with E-state index in [9.17, 15) is 9.18 Å². The number of halogens is 1. The van der Waals surface area contributed by atoms with Gasteiger partial charge in [-0.15, -0.1) is 0 Å². The lowest BCUT2D eigenvalue weighted by Crippen LogP contribution is -2.51. The summed E-state index contributed by atoms with van der Waals surface area (Å²) in [4.78, 5) is 14.3. The zero-order chi connectivity index (χ0) is 15.5. The Balaban J connectivity index is 1.61. The summed E-state index contributed by atoms with van der Waals surface area (Å²) >= 11 is 0. The van der Waals surface area contributed by atoms with Crippen LogP contribution in [0.1, 0.15) is 25.7 Å². The minimum atomic E-state index is -0.330. The van der Waals surface area contributed by atoms with Crippen LogP contribution in [0.5, 0.6) is 0 Å². The fourth-order valence-electron chi connectivity index (χ4n) is 3.22. The van der Waals surface area contributed by atoms with E-state index in [1.54, 1.807) is 19.2 Å². The average Bonchev–Trinajstić information content (AvgIpc) is 3.33. The lowest BCUT2D eigenvalue weighted by Gasteiger charge is -2.35. The third-order valence-corrected chi connectivity index (χ3v) is 4.52. The van der Waals surface area contributed by atoms with E-state index >= 15 is 0 Å². The Morgan fingerprint density at radius 2 is 2.14 bits per heavy atom. The van der Waals surface area contributed by atoms with Gasteiger partial charge in [-0.25, -0.2) is 4.39 Å². The molecule has 1 saturated carbocycles. The zero-order valence-corrected chi connectivity index (χ0v) is 12.9. The SMILES string of the molecule is CO[C@@H](C(=O)N[C@@H]1CCCN(c2ccccc2F)C1)C1CC1. The fraction of sp³-hybridized carbons (Fsp3) is 0.588. The summed E-state index contributed by atoms with van der Waals surface area (Å²) in [7, 11) is 1.59. The van der Waals surface area contributed by atoms with Crippen LogP contribution in [0.2, 0.25) is 0 Å². The maximum atomic E-state index is 13.9. The first-order valence-electron chi connectivity index (χ1n) is 8.01. The van der Waals surface area contributed by atoms with Crippen LogP contribution in [-0.2, 0) is 9.53 Å². The maximum absolute atomic E-state index is 13.9. The second-order valence-corrected chi connectivity index (χ2v) is 6.24. The van der Waals surface area contributed by atoms with Gasteiger partial charge >= 0.3 is 0 Å². The number of hydrogen-bond donors (Lipinski definition) is 1. The molecule has 1 heterocycles. The van der Waals surface area contributed by atoms with E-state index in [2.05, 4.69) is 5.32 Å². The van der Waals surface area contributed by atoms with E-state index in [-0.39, 0.29) is 23.9 Å². The van der Waals surface area contributed by atoms with Gasteiger partial charge in [-0.2, -0.15) is 0 Å². The molecule has 2 atom stereocenters. The van der Waals surface area contributed by atoms with Crippen LogP contribution in [0.3, 0.4) is 0 Å². The van der Waals surface area contributed by atoms with Gasteiger partial charge in [-0.1, -0.05) is 12.1 Å². The predicted octanol–water partition coefficient (Wildman–Crippen LogP) is 2.34. The van der Waals surface area contributed by atoms with Gasteiger partial charge in [0.15, 0.2) is 0 Å². The third-order valence-electron chi connectivity index (χ3n) is 4.52. The molecule has 2 fully saturated rings. The number of anilines is 1. The van der Waals surface area contributed by atoms with E-state index in [1.807, 2.05) is 11.0 Å². The summed E-state index contributed by atoms with van der Waals surface area (Å²) in [6, 6.07) is 6.86. The minimum absolute atomic E-state index is 0.0228. The number of para-hydroxylation sites is 1. The number of hydrogen-bond acceptors (Lipinski definition) is 3. The molecule has 0 aromatic heterocycles. The number of ether oxygens (including phenoxy) is 1. The second kappa shape index (κ2) is 6.65. The molecule has 1 amide bonds. The van der Waals surface area contributed by atoms with Gasteiger partial charge in [0.2, 0.25) is 5.91 Å². The third kappa shape index (κ3) is 3.40. The Hall–Kier alpha value is -1.62. The highest BCUT2D eigenvalue weighted by atomic mass is 19.1. The van der Waals surface area contributed by atoms with E-state index < -0.39 is 0 Å². The number of nitrogens with zero attached hydrogens (tertiary/aromatic N) is 1. The van der Waals surface area contributed by atoms with Crippen LogP contribution in [-0.4, -0.2) is 38.3 Å². The highest BCUT2D eigenvalue weighted by molar-refractivity contribution is 5.81. The summed E-state index contributed by atoms with van der Waals surface area (Å²) in [5.41, 5.74) is 0.618. The van der Waals surface area contributed by atoms with Crippen molar-refractivity contribution >= 4 is 11.6 Å². The maximum Gasteiger partial charge on any atom is 0.249 e. The molecule has 1 N–H and O–H groups in total. The molecule has 120 valence electrons. The van der Waals surface area contributed by atoms with Crippen molar-refractivity contribution in [2.24, 2.45) is 5.92 Å². The average molecular weight is 306 g/mol. The van der Waals surface area contributed by atoms with Gasteiger partial charge in [-0.3, -0.25) is 4.79 Å². The van der Waals surface area contributed by atoms with Crippen LogP contribution in [0.4, 0.5) is 10.1 Å². The quantitative estimate of drug-likeness (QED) is 0.908. The first-order valence-corrected chi connectivity index (χ1v) is 8.01. The van der Waals surface area contributed by atoms with Gasteiger partial charge in [0.1, 0.15) is 11.9 Å². The van der Waals surface area contributed by atoms with Crippen molar-refractivity contribution in [2.45, 2.75) is 37.8 Å². The van der Waals surface area contributed by atoms with Gasteiger partial charge in [-0.05, 0) is 43.7 Å². The molecule has 22 heavy (non-hydrogen) atoms. The largest absolute Gasteiger partial charge is 0.371 e. The lowest BCUT2D eigenvalue weighted by atomic mass is 10.0. The Morgan fingerprint density at radius 1 is 1.36 bits per heavy atom.